The van der Waals surface area contributed by atoms with Crippen LogP contribution in [0.4, 0.5) is 0 Å². The summed E-state index contributed by atoms with van der Waals surface area (Å²) in [7, 11) is 0. The predicted octanol–water partition coefficient (Wildman–Crippen LogP) is 8.06. The second-order valence-corrected chi connectivity index (χ2v) is 9.88. The second kappa shape index (κ2) is 9.77. The Morgan fingerprint density at radius 3 is 1.21 bits per heavy atom. The monoisotopic (exact) mass is 434 g/mol. The van der Waals surface area contributed by atoms with E-state index < -0.39 is 0 Å². The zero-order valence-corrected chi connectivity index (χ0v) is 20.2. The average molecular weight is 435 g/mol. The lowest BCUT2D eigenvalue weighted by atomic mass is 9.78. The molecule has 33 heavy (non-hydrogen) atoms. The van der Waals surface area contributed by atoms with Crippen LogP contribution in [0.15, 0.2) is 109 Å². The van der Waals surface area contributed by atoms with Crippen LogP contribution in [0.25, 0.3) is 0 Å². The molecule has 4 aromatic rings. The molecule has 0 aliphatic heterocycles. The van der Waals surface area contributed by atoms with Crippen molar-refractivity contribution in [2.24, 2.45) is 0 Å². The maximum Gasteiger partial charge on any atom is 0.0721 e. The molecule has 0 aliphatic carbocycles. The third-order valence-electron chi connectivity index (χ3n) is 6.83. The van der Waals surface area contributed by atoms with Crippen LogP contribution in [0.2, 0.25) is 0 Å². The van der Waals surface area contributed by atoms with Gasteiger partial charge in [0.05, 0.1) is 13.2 Å². The van der Waals surface area contributed by atoms with E-state index in [2.05, 4.69) is 137 Å². The van der Waals surface area contributed by atoms with Crippen LogP contribution in [-0.2, 0) is 28.8 Å². The molecule has 168 valence electrons. The molecule has 0 N–H and O–H groups in total. The van der Waals surface area contributed by atoms with Crippen LogP contribution in [0.5, 0.6) is 0 Å². The third-order valence-corrected chi connectivity index (χ3v) is 6.83. The predicted molar refractivity (Wildman–Crippen MR) is 139 cm³/mol. The molecule has 1 nitrogen and oxygen atoms in total. The molecule has 0 spiro atoms. The normalized spacial score (nSPS) is 12.0. The summed E-state index contributed by atoms with van der Waals surface area (Å²) in [5.74, 6) is 0. The molecule has 0 bridgehead atoms. The van der Waals surface area contributed by atoms with E-state index in [1.807, 2.05) is 0 Å². The molecular formula is C32H34O. The van der Waals surface area contributed by atoms with E-state index in [1.54, 1.807) is 0 Å². The topological polar surface area (TPSA) is 9.23 Å². The highest BCUT2D eigenvalue weighted by Gasteiger charge is 2.24. The Hall–Kier alpha value is -3.16. The van der Waals surface area contributed by atoms with Crippen molar-refractivity contribution in [1.29, 1.82) is 0 Å². The summed E-state index contributed by atoms with van der Waals surface area (Å²) >= 11 is 0. The van der Waals surface area contributed by atoms with E-state index in [4.69, 9.17) is 4.74 Å². The summed E-state index contributed by atoms with van der Waals surface area (Å²) in [4.78, 5) is 0. The van der Waals surface area contributed by atoms with Gasteiger partial charge >= 0.3 is 0 Å². The van der Waals surface area contributed by atoms with E-state index in [0.717, 1.165) is 0 Å². The molecule has 4 rings (SSSR count). The Morgan fingerprint density at radius 1 is 0.455 bits per heavy atom. The summed E-state index contributed by atoms with van der Waals surface area (Å²) in [5.41, 5.74) is 7.57. The average Bonchev–Trinajstić information content (AvgIpc) is 2.85. The lowest BCUT2D eigenvalue weighted by molar-refractivity contribution is 0.107. The smallest absolute Gasteiger partial charge is 0.0721 e. The first-order valence-corrected chi connectivity index (χ1v) is 11.7. The van der Waals surface area contributed by atoms with Crippen LogP contribution in [0, 0.1) is 0 Å². The fourth-order valence-corrected chi connectivity index (χ4v) is 4.43. The minimum Gasteiger partial charge on any atom is -0.372 e. The van der Waals surface area contributed by atoms with Crippen molar-refractivity contribution in [3.05, 3.63) is 143 Å². The van der Waals surface area contributed by atoms with Crippen LogP contribution in [0.3, 0.4) is 0 Å². The van der Waals surface area contributed by atoms with E-state index in [0.29, 0.717) is 13.2 Å². The Balaban J connectivity index is 1.43. The number of rotatable bonds is 8. The third kappa shape index (κ3) is 5.26. The summed E-state index contributed by atoms with van der Waals surface area (Å²) in [6.07, 6.45) is 0. The second-order valence-electron chi connectivity index (χ2n) is 9.88. The van der Waals surface area contributed by atoms with Crippen LogP contribution < -0.4 is 0 Å². The van der Waals surface area contributed by atoms with E-state index in [1.165, 1.54) is 33.4 Å². The molecule has 1 heteroatoms. The Bertz CT molecular complexity index is 1080. The Kier molecular flexibility index (Phi) is 6.81. The fourth-order valence-electron chi connectivity index (χ4n) is 4.43. The zero-order chi connectivity index (χ0) is 23.3. The van der Waals surface area contributed by atoms with Gasteiger partial charge in [-0.3, -0.25) is 0 Å². The SMILES string of the molecule is CC(C)(c1ccccc1)c1cccc(COCc2cccc(C(C)(C)c3ccccc3)c2)c1. The van der Waals surface area contributed by atoms with Gasteiger partial charge in [0.25, 0.3) is 0 Å². The molecule has 0 saturated heterocycles. The largest absolute Gasteiger partial charge is 0.372 e. The van der Waals surface area contributed by atoms with Gasteiger partial charge in [-0.05, 0) is 33.4 Å². The lowest BCUT2D eigenvalue weighted by Crippen LogP contribution is -2.19. The van der Waals surface area contributed by atoms with Crippen molar-refractivity contribution in [2.45, 2.75) is 51.7 Å². The molecule has 0 saturated carbocycles. The molecule has 0 radical (unpaired) electrons. The quantitative estimate of drug-likeness (QED) is 0.272. The minimum absolute atomic E-state index is 0.0470. The fraction of sp³-hybridized carbons (Fsp3) is 0.250. The Labute approximate surface area is 199 Å². The van der Waals surface area contributed by atoms with E-state index >= 15 is 0 Å². The number of ether oxygens (including phenoxy) is 1. The highest BCUT2D eigenvalue weighted by molar-refractivity contribution is 5.40. The Morgan fingerprint density at radius 2 is 0.818 bits per heavy atom. The van der Waals surface area contributed by atoms with Crippen LogP contribution >= 0.6 is 0 Å². The first kappa shape index (κ1) is 23.0. The summed E-state index contributed by atoms with van der Waals surface area (Å²) in [6.45, 7) is 10.3. The lowest BCUT2D eigenvalue weighted by Gasteiger charge is -2.27. The molecule has 0 unspecified atom stereocenters. The van der Waals surface area contributed by atoms with Crippen LogP contribution in [0.1, 0.15) is 61.1 Å². The molecule has 0 atom stereocenters. The van der Waals surface area contributed by atoms with Crippen molar-refractivity contribution < 1.29 is 4.74 Å². The number of hydrogen-bond donors (Lipinski definition) is 0. The number of benzene rings is 4. The van der Waals surface area contributed by atoms with Gasteiger partial charge in [0, 0.05) is 10.8 Å². The minimum atomic E-state index is -0.0470. The van der Waals surface area contributed by atoms with Gasteiger partial charge < -0.3 is 4.74 Å². The molecular weight excluding hydrogens is 400 g/mol. The molecule has 4 aromatic carbocycles. The van der Waals surface area contributed by atoms with Crippen molar-refractivity contribution in [3.63, 3.8) is 0 Å². The standard InChI is InChI=1S/C32H34O/c1-31(2,27-15-7-5-8-16-27)29-19-11-13-25(21-29)23-33-24-26-14-12-20-30(22-26)32(3,4)28-17-9-6-10-18-28/h5-22H,23-24H2,1-4H3. The molecule has 0 aromatic heterocycles. The van der Waals surface area contributed by atoms with E-state index in [9.17, 15) is 0 Å². The molecule has 0 fully saturated rings. The summed E-state index contributed by atoms with van der Waals surface area (Å²) < 4.78 is 6.15. The van der Waals surface area contributed by atoms with Crippen LogP contribution in [-0.4, -0.2) is 0 Å². The molecule has 0 heterocycles. The van der Waals surface area contributed by atoms with Crippen molar-refractivity contribution in [2.75, 3.05) is 0 Å². The number of hydrogen-bond acceptors (Lipinski definition) is 1. The van der Waals surface area contributed by atoms with Gasteiger partial charge in [-0.1, -0.05) is 137 Å². The first-order valence-electron chi connectivity index (χ1n) is 11.7. The zero-order valence-electron chi connectivity index (χ0n) is 20.2. The van der Waals surface area contributed by atoms with Crippen molar-refractivity contribution in [3.8, 4) is 0 Å². The summed E-state index contributed by atoms with van der Waals surface area (Å²) in [6, 6.07) is 39.0. The molecule has 0 aliphatic rings. The van der Waals surface area contributed by atoms with Gasteiger partial charge in [0.2, 0.25) is 0 Å². The van der Waals surface area contributed by atoms with Gasteiger partial charge in [-0.15, -0.1) is 0 Å². The van der Waals surface area contributed by atoms with Gasteiger partial charge in [0.15, 0.2) is 0 Å². The molecule has 0 amide bonds. The highest BCUT2D eigenvalue weighted by Crippen LogP contribution is 2.33. The maximum absolute atomic E-state index is 6.15. The summed E-state index contributed by atoms with van der Waals surface area (Å²) in [5, 5.41) is 0. The van der Waals surface area contributed by atoms with Gasteiger partial charge in [-0.2, -0.15) is 0 Å². The van der Waals surface area contributed by atoms with Gasteiger partial charge in [0.1, 0.15) is 0 Å². The van der Waals surface area contributed by atoms with Gasteiger partial charge in [-0.25, -0.2) is 0 Å². The maximum atomic E-state index is 6.15. The highest BCUT2D eigenvalue weighted by atomic mass is 16.5. The van der Waals surface area contributed by atoms with Crippen molar-refractivity contribution >= 4 is 0 Å². The van der Waals surface area contributed by atoms with Crippen molar-refractivity contribution in [1.82, 2.24) is 0 Å². The first-order chi connectivity index (χ1) is 15.9. The van der Waals surface area contributed by atoms with E-state index in [-0.39, 0.29) is 10.8 Å².